The zero-order valence-corrected chi connectivity index (χ0v) is 42.6. The summed E-state index contributed by atoms with van der Waals surface area (Å²) < 4.78 is 1.31. The number of rotatable bonds is 5. The summed E-state index contributed by atoms with van der Waals surface area (Å²) in [5.41, 5.74) is 6.51. The molecule has 0 spiro atoms. The van der Waals surface area contributed by atoms with E-state index in [4.69, 9.17) is 27.4 Å². The second-order valence-corrected chi connectivity index (χ2v) is 10.4. The number of nitro groups is 2. The van der Waals surface area contributed by atoms with Gasteiger partial charge in [-0.1, -0.05) is 46.0 Å². The van der Waals surface area contributed by atoms with Crippen LogP contribution in [0.5, 0.6) is 0 Å². The molecule has 6 heterocycles. The van der Waals surface area contributed by atoms with Crippen molar-refractivity contribution >= 4 is 46.9 Å². The molecule has 5 aromatic heterocycles. The van der Waals surface area contributed by atoms with Crippen molar-refractivity contribution < 1.29 is 170 Å². The van der Waals surface area contributed by atoms with Crippen molar-refractivity contribution in [2.75, 3.05) is 17.2 Å². The van der Waals surface area contributed by atoms with Gasteiger partial charge in [-0.3, -0.25) is 48.9 Å². The Hall–Kier alpha value is -2.76. The fraction of sp³-hybridized carbons (Fsp3) is 0.229. The SMILES string of the molecule is C.C.C.Cc1ccc[nH]c1=O.Nc1ccc(N2CCCCC2=O)nc1.O=CO[O-].O=[N+]([O-])c1ccc(Cl)nc1.O=c1ccccn1-c1ccc([N+](=O)[O-])cn1.[Cs+].[Cs+].[H-].[HH]. The summed E-state index contributed by atoms with van der Waals surface area (Å²) in [4.78, 5) is 79.9. The summed E-state index contributed by atoms with van der Waals surface area (Å²) >= 11 is 5.38. The van der Waals surface area contributed by atoms with Crippen LogP contribution in [0.2, 0.25) is 5.15 Å². The molecule has 1 aliphatic rings. The number of carbonyl (C=O) groups excluding carboxylic acids is 2. The number of amides is 1. The normalized spacial score (nSPS) is 10.3. The van der Waals surface area contributed by atoms with Crippen LogP contribution < -0.4 is 165 Å². The van der Waals surface area contributed by atoms with Gasteiger partial charge in [-0.25, -0.2) is 15.0 Å². The predicted octanol–water partition coefficient (Wildman–Crippen LogP) is -0.643. The van der Waals surface area contributed by atoms with Gasteiger partial charge >= 0.3 is 138 Å². The molecule has 1 amide bonds. The molecule has 0 aliphatic carbocycles. The summed E-state index contributed by atoms with van der Waals surface area (Å²) in [6, 6.07) is 17.2. The molecular formula is C35H46ClCs2N9O10. The molecule has 1 saturated heterocycles. The number of anilines is 2. The van der Waals surface area contributed by atoms with Crippen molar-refractivity contribution in [2.24, 2.45) is 0 Å². The molecule has 0 atom stereocenters. The molecule has 300 valence electrons. The molecule has 22 heteroatoms. The average molecular weight is 1050 g/mol. The van der Waals surface area contributed by atoms with Crippen molar-refractivity contribution in [1.82, 2.24) is 24.5 Å². The minimum absolute atomic E-state index is 0. The summed E-state index contributed by atoms with van der Waals surface area (Å²) in [5, 5.41) is 29.1. The Labute approximate surface area is 454 Å². The van der Waals surface area contributed by atoms with Crippen LogP contribution in [0.25, 0.3) is 5.82 Å². The van der Waals surface area contributed by atoms with Gasteiger partial charge in [0.2, 0.25) is 5.91 Å². The Morgan fingerprint density at radius 2 is 1.44 bits per heavy atom. The quantitative estimate of drug-likeness (QED) is 0.0729. The first kappa shape index (κ1) is 60.9. The summed E-state index contributed by atoms with van der Waals surface area (Å²) in [5.74, 6) is 1.23. The standard InChI is InChI=1S/C10H7N3O3.C10H13N3O.C6H7NO.C5H3ClN2O2.CH2O3.3CH4.2Cs.H2.H/c14-10-3-1-2-6-12(10)9-5-4-8(7-11-9)13(15)16;11-8-4-5-9(12-7-8)13-6-2-1-3-10(13)14;1-5-3-2-4-7-6(5)8;6-5-2-1-4(3-7-5)8(9)10;2-1-4-3;;;;;;;/h1-7H;4-5,7H,1-3,6,11H2;2-4H,1H3,(H,7,8);1-3H;1,3H;3*1H4;;;1H;/q;;;;;;;;2*+1;;-1/p-1. The van der Waals surface area contributed by atoms with E-state index in [2.05, 4.69) is 24.8 Å². The van der Waals surface area contributed by atoms with Gasteiger partial charge in [0, 0.05) is 50.5 Å². The van der Waals surface area contributed by atoms with Gasteiger partial charge in [0.15, 0.2) is 0 Å². The van der Waals surface area contributed by atoms with Gasteiger partial charge in [0.25, 0.3) is 29.0 Å². The summed E-state index contributed by atoms with van der Waals surface area (Å²) in [7, 11) is 0. The topological polar surface area (TPSA) is 275 Å². The Morgan fingerprint density at radius 3 is 1.86 bits per heavy atom. The zero-order valence-electron chi connectivity index (χ0n) is 30.3. The van der Waals surface area contributed by atoms with Crippen molar-refractivity contribution in [1.29, 1.82) is 0 Å². The van der Waals surface area contributed by atoms with Crippen LogP contribution in [0.1, 0.15) is 50.0 Å². The van der Waals surface area contributed by atoms with Crippen molar-refractivity contribution in [3.05, 3.63) is 149 Å². The molecule has 1 aliphatic heterocycles. The van der Waals surface area contributed by atoms with Gasteiger partial charge in [-0.05, 0) is 56.2 Å². The number of aromatic amines is 1. The number of aryl methyl sites for hydroxylation is 1. The van der Waals surface area contributed by atoms with Crippen LogP contribution in [0.15, 0.2) is 107 Å². The predicted molar refractivity (Wildman–Crippen MR) is 210 cm³/mol. The first-order valence-electron chi connectivity index (χ1n) is 14.8. The fourth-order valence-electron chi connectivity index (χ4n) is 3.83. The van der Waals surface area contributed by atoms with E-state index in [0.717, 1.165) is 37.3 Å². The number of nitrogen functional groups attached to an aromatic ring is 1. The third kappa shape index (κ3) is 23.4. The number of piperidine rings is 1. The molecular weight excluding hydrogens is 1010 g/mol. The Morgan fingerprint density at radius 1 is 0.860 bits per heavy atom. The van der Waals surface area contributed by atoms with Gasteiger partial charge in [-0.2, -0.15) is 0 Å². The van der Waals surface area contributed by atoms with Crippen LogP contribution in [-0.4, -0.2) is 53.3 Å². The van der Waals surface area contributed by atoms with Crippen molar-refractivity contribution in [3.63, 3.8) is 0 Å². The van der Waals surface area contributed by atoms with Crippen molar-refractivity contribution in [2.45, 2.75) is 48.5 Å². The summed E-state index contributed by atoms with van der Waals surface area (Å²) in [6.45, 7) is 2.37. The van der Waals surface area contributed by atoms with Crippen LogP contribution in [0.3, 0.4) is 0 Å². The first-order chi connectivity index (χ1) is 24.9. The number of halogens is 1. The van der Waals surface area contributed by atoms with Gasteiger partial charge in [0.05, 0.1) is 21.7 Å². The van der Waals surface area contributed by atoms with E-state index in [1.807, 2.05) is 0 Å². The minimum atomic E-state index is -0.537. The maximum Gasteiger partial charge on any atom is 1.00 e. The van der Waals surface area contributed by atoms with Gasteiger partial charge in [0.1, 0.15) is 29.2 Å². The average Bonchev–Trinajstić information content (AvgIpc) is 3.15. The number of hydrogen-bond donors (Lipinski definition) is 2. The molecule has 19 nitrogen and oxygen atoms in total. The van der Waals surface area contributed by atoms with Crippen LogP contribution in [0, 0.1) is 27.2 Å². The molecule has 3 N–H and O–H groups in total. The van der Waals surface area contributed by atoms with E-state index < -0.39 is 9.85 Å². The van der Waals surface area contributed by atoms with E-state index >= 15 is 0 Å². The second kappa shape index (κ2) is 34.1. The number of nitrogens with two attached hydrogens (primary N) is 1. The molecule has 57 heavy (non-hydrogen) atoms. The van der Waals surface area contributed by atoms with Crippen molar-refractivity contribution in [3.8, 4) is 5.82 Å². The fourth-order valence-corrected chi connectivity index (χ4v) is 3.94. The molecule has 0 bridgehead atoms. The molecule has 0 radical (unpaired) electrons. The Bertz CT molecular complexity index is 2040. The molecule has 6 rings (SSSR count). The number of nitrogens with zero attached hydrogens (tertiary/aromatic N) is 7. The molecule has 1 fully saturated rings. The maximum absolute atomic E-state index is 11.5. The molecule has 0 aromatic carbocycles. The molecule has 0 unspecified atom stereocenters. The van der Waals surface area contributed by atoms with E-state index in [1.165, 1.54) is 34.9 Å². The first-order valence-corrected chi connectivity index (χ1v) is 15.2. The van der Waals surface area contributed by atoms with Crippen LogP contribution >= 0.6 is 11.6 Å². The van der Waals surface area contributed by atoms with Crippen LogP contribution in [-0.2, 0) is 14.5 Å². The number of H-pyrrole nitrogens is 1. The number of aromatic nitrogens is 5. The minimum Gasteiger partial charge on any atom is -1.00 e. The van der Waals surface area contributed by atoms with E-state index in [-0.39, 0.29) is 203 Å². The van der Waals surface area contributed by atoms with Gasteiger partial charge < -0.3 is 22.3 Å². The Balaban J connectivity index is -0.000000152. The largest absolute Gasteiger partial charge is 1.00 e. The molecule has 0 saturated carbocycles. The molecule has 5 aromatic rings. The number of nitrogens with one attached hydrogen (secondary N) is 1. The number of hydrogen-bond acceptors (Lipinski definition) is 14. The monoisotopic (exact) mass is 1050 g/mol. The smallest absolute Gasteiger partial charge is 1.00 e. The van der Waals surface area contributed by atoms with E-state index in [1.54, 1.807) is 66.8 Å². The third-order valence-corrected chi connectivity index (χ3v) is 6.58. The number of carbonyl (C=O) groups is 2. The van der Waals surface area contributed by atoms with Gasteiger partial charge in [-0.15, -0.1) is 0 Å². The van der Waals surface area contributed by atoms with Crippen LogP contribution in [0.4, 0.5) is 22.9 Å². The third-order valence-electron chi connectivity index (χ3n) is 6.36. The van der Waals surface area contributed by atoms with E-state index in [9.17, 15) is 34.6 Å². The van der Waals surface area contributed by atoms with E-state index in [0.29, 0.717) is 23.7 Å². The second-order valence-electron chi connectivity index (χ2n) is 9.96. The summed E-state index contributed by atoms with van der Waals surface area (Å²) in [6.07, 6.45) is 9.66. The number of pyridine rings is 5. The zero-order chi connectivity index (χ0) is 38.5. The Kier molecular flexibility index (Phi) is 36.5. The maximum atomic E-state index is 11.5.